The van der Waals surface area contributed by atoms with Crippen molar-refractivity contribution in [3.63, 3.8) is 0 Å². The molecule has 2 fully saturated rings. The Morgan fingerprint density at radius 1 is 0.761 bits per heavy atom. The SMILES string of the molecule is CCC(C)CCCCCCCCCCCOCC(O)CO[C@H]1O[C@H](CO)[C@@H](O)[C@H](OC2O[C@H](COC(C)=O)[C@@H](O)[C@H](O)[C@H]2O)[C@@H]1O. The molecule has 46 heavy (non-hydrogen) atoms. The van der Waals surface area contributed by atoms with Gasteiger partial charge in [-0.05, 0) is 12.3 Å². The first-order chi connectivity index (χ1) is 22.0. The van der Waals surface area contributed by atoms with Gasteiger partial charge < -0.3 is 64.2 Å². The molecule has 0 aromatic rings. The number of rotatable bonds is 23. The number of hydrogen-bond acceptors (Lipinski definition) is 14. The molecule has 14 nitrogen and oxygen atoms in total. The minimum absolute atomic E-state index is 0.00249. The fourth-order valence-corrected chi connectivity index (χ4v) is 5.48. The molecule has 2 aliphatic rings. The quantitative estimate of drug-likeness (QED) is 0.0584. The van der Waals surface area contributed by atoms with Crippen molar-refractivity contribution >= 4 is 5.97 Å². The van der Waals surface area contributed by atoms with E-state index in [-0.39, 0.29) is 13.2 Å². The lowest BCUT2D eigenvalue weighted by atomic mass is 9.97. The molecule has 0 bridgehead atoms. The van der Waals surface area contributed by atoms with E-state index in [1.807, 2.05) is 0 Å². The Morgan fingerprint density at radius 3 is 1.98 bits per heavy atom. The molecule has 0 amide bonds. The highest BCUT2D eigenvalue weighted by atomic mass is 16.7. The van der Waals surface area contributed by atoms with Gasteiger partial charge in [0.25, 0.3) is 0 Å². The van der Waals surface area contributed by atoms with E-state index in [2.05, 4.69) is 13.8 Å². The molecule has 0 saturated carbocycles. The summed E-state index contributed by atoms with van der Waals surface area (Å²) in [5, 5.41) is 72.4. The summed E-state index contributed by atoms with van der Waals surface area (Å²) in [6.45, 7) is 4.77. The lowest BCUT2D eigenvalue weighted by Gasteiger charge is -2.46. The maximum Gasteiger partial charge on any atom is 0.302 e. The summed E-state index contributed by atoms with van der Waals surface area (Å²) < 4.78 is 32.5. The van der Waals surface area contributed by atoms with E-state index in [0.29, 0.717) is 6.61 Å². The fourth-order valence-electron chi connectivity index (χ4n) is 5.48. The highest BCUT2D eigenvalue weighted by Gasteiger charge is 2.51. The summed E-state index contributed by atoms with van der Waals surface area (Å²) in [6, 6.07) is 0. The Balaban J connectivity index is 1.69. The molecular weight excluding hydrogens is 608 g/mol. The second kappa shape index (κ2) is 22.6. The number of hydrogen-bond donors (Lipinski definition) is 7. The normalized spacial score (nSPS) is 33.1. The average molecular weight is 669 g/mol. The first-order valence-corrected chi connectivity index (χ1v) is 17.0. The number of carbonyl (C=O) groups is 1. The number of aliphatic hydroxyl groups excluding tert-OH is 7. The van der Waals surface area contributed by atoms with Gasteiger partial charge in [-0.3, -0.25) is 4.79 Å². The number of unbranched alkanes of at least 4 members (excludes halogenated alkanes) is 8. The molecule has 14 heteroatoms. The van der Waals surface area contributed by atoms with Gasteiger partial charge in [-0.15, -0.1) is 0 Å². The van der Waals surface area contributed by atoms with Crippen molar-refractivity contribution in [2.45, 2.75) is 159 Å². The van der Waals surface area contributed by atoms with Crippen LogP contribution < -0.4 is 0 Å². The van der Waals surface area contributed by atoms with E-state index < -0.39 is 86.7 Å². The summed E-state index contributed by atoms with van der Waals surface area (Å²) in [7, 11) is 0. The monoisotopic (exact) mass is 668 g/mol. The molecular formula is C32H60O14. The maximum absolute atomic E-state index is 11.2. The van der Waals surface area contributed by atoms with Crippen molar-refractivity contribution < 1.29 is 69.0 Å². The third-order valence-electron chi connectivity index (χ3n) is 8.68. The first-order valence-electron chi connectivity index (χ1n) is 17.0. The largest absolute Gasteiger partial charge is 0.463 e. The van der Waals surface area contributed by atoms with Crippen LogP contribution in [0.25, 0.3) is 0 Å². The Bertz CT molecular complexity index is 805. The van der Waals surface area contributed by atoms with Crippen molar-refractivity contribution in [3.05, 3.63) is 0 Å². The number of ether oxygens (including phenoxy) is 6. The van der Waals surface area contributed by atoms with Gasteiger partial charge in [0.1, 0.15) is 61.5 Å². The van der Waals surface area contributed by atoms with Crippen molar-refractivity contribution in [1.82, 2.24) is 0 Å². The van der Waals surface area contributed by atoms with Gasteiger partial charge in [-0.25, -0.2) is 0 Å². The van der Waals surface area contributed by atoms with Crippen molar-refractivity contribution in [3.8, 4) is 0 Å². The van der Waals surface area contributed by atoms with Gasteiger partial charge in [0.05, 0.1) is 19.8 Å². The van der Waals surface area contributed by atoms with Gasteiger partial charge in [0.2, 0.25) is 0 Å². The van der Waals surface area contributed by atoms with Crippen molar-refractivity contribution in [2.75, 3.05) is 33.0 Å². The second-order valence-corrected chi connectivity index (χ2v) is 12.7. The van der Waals surface area contributed by atoms with Crippen LogP contribution >= 0.6 is 0 Å². The number of aliphatic hydroxyl groups is 7. The smallest absolute Gasteiger partial charge is 0.302 e. The third kappa shape index (κ3) is 14.2. The Hall–Kier alpha value is -1.01. The fraction of sp³-hybridized carbons (Fsp3) is 0.969. The minimum Gasteiger partial charge on any atom is -0.463 e. The maximum atomic E-state index is 11.2. The summed E-state index contributed by atoms with van der Waals surface area (Å²) in [4.78, 5) is 11.2. The molecule has 2 rings (SSSR count). The van der Waals surface area contributed by atoms with Crippen LogP contribution in [0.5, 0.6) is 0 Å². The van der Waals surface area contributed by atoms with E-state index in [9.17, 15) is 40.5 Å². The summed E-state index contributed by atoms with van der Waals surface area (Å²) >= 11 is 0. The summed E-state index contributed by atoms with van der Waals surface area (Å²) in [6.07, 6.45) is -3.34. The molecule has 2 aliphatic heterocycles. The minimum atomic E-state index is -1.80. The highest BCUT2D eigenvalue weighted by Crippen LogP contribution is 2.30. The zero-order valence-corrected chi connectivity index (χ0v) is 27.7. The first kappa shape index (κ1) is 41.2. The van der Waals surface area contributed by atoms with Gasteiger partial charge >= 0.3 is 5.97 Å². The number of esters is 1. The zero-order chi connectivity index (χ0) is 34.1. The highest BCUT2D eigenvalue weighted by molar-refractivity contribution is 5.65. The molecule has 0 aliphatic carbocycles. The second-order valence-electron chi connectivity index (χ2n) is 12.7. The molecule has 3 unspecified atom stereocenters. The van der Waals surface area contributed by atoms with Crippen LogP contribution in [-0.4, -0.2) is 142 Å². The molecule has 12 atom stereocenters. The van der Waals surface area contributed by atoms with Crippen LogP contribution in [0.2, 0.25) is 0 Å². The zero-order valence-electron chi connectivity index (χ0n) is 27.7. The third-order valence-corrected chi connectivity index (χ3v) is 8.68. The molecule has 0 aromatic heterocycles. The molecule has 7 N–H and O–H groups in total. The van der Waals surface area contributed by atoms with Gasteiger partial charge in [0, 0.05) is 13.5 Å². The number of carbonyl (C=O) groups excluding carboxylic acids is 1. The van der Waals surface area contributed by atoms with Gasteiger partial charge in [-0.1, -0.05) is 78.1 Å². The van der Waals surface area contributed by atoms with E-state index in [1.54, 1.807) is 0 Å². The van der Waals surface area contributed by atoms with Crippen LogP contribution in [0.3, 0.4) is 0 Å². The molecule has 0 aromatic carbocycles. The Morgan fingerprint density at radius 2 is 1.37 bits per heavy atom. The van der Waals surface area contributed by atoms with Gasteiger partial charge in [-0.2, -0.15) is 0 Å². The standard InChI is InChI=1S/C32H60O14/c1-4-20(2)14-12-10-8-6-5-7-9-11-13-15-41-17-22(35)18-43-31-29(40)30(26(37)23(16-33)44-31)46-32-28(39)27(38)25(36)24(45-32)19-42-21(3)34/h20,22-33,35-40H,4-19H2,1-3H3/t20?,22?,23-,24-,25-,26-,27+,28-,29+,30+,31+,32?/m1/s1. The van der Waals surface area contributed by atoms with Crippen molar-refractivity contribution in [1.29, 1.82) is 0 Å². The predicted octanol–water partition coefficient (Wildman–Crippen LogP) is 0.523. The Labute approximate surface area is 272 Å². The van der Waals surface area contributed by atoms with Crippen LogP contribution in [0.4, 0.5) is 0 Å². The average Bonchev–Trinajstić information content (AvgIpc) is 3.03. The summed E-state index contributed by atoms with van der Waals surface area (Å²) in [5.74, 6) is 0.171. The van der Waals surface area contributed by atoms with Gasteiger partial charge in [0.15, 0.2) is 12.6 Å². The molecule has 2 heterocycles. The summed E-state index contributed by atoms with van der Waals surface area (Å²) in [5.41, 5.74) is 0. The Kier molecular flexibility index (Phi) is 20.2. The predicted molar refractivity (Wildman–Crippen MR) is 164 cm³/mol. The lowest BCUT2D eigenvalue weighted by Crippen LogP contribution is -2.65. The molecule has 272 valence electrons. The van der Waals surface area contributed by atoms with Crippen LogP contribution in [0, 0.1) is 5.92 Å². The van der Waals surface area contributed by atoms with Crippen LogP contribution in [-0.2, 0) is 33.2 Å². The van der Waals surface area contributed by atoms with Crippen LogP contribution in [0.15, 0.2) is 0 Å². The molecule has 2 saturated heterocycles. The van der Waals surface area contributed by atoms with E-state index in [0.717, 1.165) is 32.1 Å². The van der Waals surface area contributed by atoms with Crippen molar-refractivity contribution in [2.24, 2.45) is 5.92 Å². The topological polar surface area (TPSA) is 214 Å². The van der Waals surface area contributed by atoms with E-state index in [4.69, 9.17) is 28.4 Å². The van der Waals surface area contributed by atoms with E-state index >= 15 is 0 Å². The lowest BCUT2D eigenvalue weighted by molar-refractivity contribution is -0.361. The molecule has 0 radical (unpaired) electrons. The molecule has 0 spiro atoms. The van der Waals surface area contributed by atoms with E-state index in [1.165, 1.54) is 51.4 Å². The van der Waals surface area contributed by atoms with Crippen LogP contribution in [0.1, 0.15) is 91.4 Å².